The lowest BCUT2D eigenvalue weighted by atomic mass is 10.1. The first-order valence-electron chi connectivity index (χ1n) is 7.88. The van der Waals surface area contributed by atoms with Crippen molar-refractivity contribution in [2.24, 2.45) is 5.10 Å². The van der Waals surface area contributed by atoms with E-state index in [0.717, 1.165) is 5.56 Å². The zero-order chi connectivity index (χ0) is 19.4. The van der Waals surface area contributed by atoms with E-state index in [0.29, 0.717) is 22.6 Å². The second-order valence-electron chi connectivity index (χ2n) is 5.69. The molecule has 0 aliphatic rings. The predicted octanol–water partition coefficient (Wildman–Crippen LogP) is 4.58. The molecule has 1 aromatic heterocycles. The molecule has 0 saturated carbocycles. The zero-order valence-electron chi connectivity index (χ0n) is 14.2. The van der Waals surface area contributed by atoms with Gasteiger partial charge in [-0.05, 0) is 43.3 Å². The summed E-state index contributed by atoms with van der Waals surface area (Å²) in [6, 6.07) is 14.8. The number of furan rings is 1. The van der Waals surface area contributed by atoms with Gasteiger partial charge < -0.3 is 4.42 Å². The minimum atomic E-state index is -0.558. The third-order valence-corrected chi connectivity index (χ3v) is 4.01. The number of nitro benzene ring substituents is 1. The molecule has 136 valence electrons. The average molecular weight is 384 g/mol. The van der Waals surface area contributed by atoms with Crippen LogP contribution in [0.25, 0.3) is 11.3 Å². The van der Waals surface area contributed by atoms with Crippen molar-refractivity contribution in [2.45, 2.75) is 6.92 Å². The summed E-state index contributed by atoms with van der Waals surface area (Å²) in [7, 11) is 0. The highest BCUT2D eigenvalue weighted by atomic mass is 35.5. The Morgan fingerprint density at radius 3 is 2.78 bits per heavy atom. The smallest absolute Gasteiger partial charge is 0.288 e. The van der Waals surface area contributed by atoms with Crippen LogP contribution >= 0.6 is 11.6 Å². The Kier molecular flexibility index (Phi) is 5.33. The van der Waals surface area contributed by atoms with Crippen LogP contribution in [0.3, 0.4) is 0 Å². The molecule has 3 rings (SSSR count). The van der Waals surface area contributed by atoms with E-state index in [1.54, 1.807) is 36.4 Å². The van der Waals surface area contributed by atoms with Crippen molar-refractivity contribution in [3.63, 3.8) is 0 Å². The molecular weight excluding hydrogens is 370 g/mol. The number of amides is 1. The van der Waals surface area contributed by atoms with Crippen LogP contribution < -0.4 is 5.43 Å². The number of nitrogens with zero attached hydrogens (tertiary/aromatic N) is 2. The van der Waals surface area contributed by atoms with Crippen molar-refractivity contribution in [3.05, 3.63) is 86.6 Å². The number of hydrogen-bond donors (Lipinski definition) is 1. The van der Waals surface area contributed by atoms with Crippen LogP contribution in [0.15, 0.2) is 64.1 Å². The molecule has 0 aliphatic carbocycles. The normalized spacial score (nSPS) is 10.9. The number of nitro groups is 1. The standard InChI is InChI=1S/C19H14ClN3O4/c1-12-3-2-4-14(9-12)19(24)22-21-11-15-6-8-18(27-15)13-5-7-16(20)17(10-13)23(25)26/h2-11H,1H3,(H,22,24)/b21-11-. The van der Waals surface area contributed by atoms with Crippen molar-refractivity contribution in [1.29, 1.82) is 0 Å². The van der Waals surface area contributed by atoms with Crippen LogP contribution in [0.5, 0.6) is 0 Å². The molecule has 1 heterocycles. The monoisotopic (exact) mass is 383 g/mol. The summed E-state index contributed by atoms with van der Waals surface area (Å²) in [5, 5.41) is 14.9. The third-order valence-electron chi connectivity index (χ3n) is 3.69. The topological polar surface area (TPSA) is 97.7 Å². The number of hydrazone groups is 1. The molecule has 8 heteroatoms. The Hall–Kier alpha value is -3.45. The van der Waals surface area contributed by atoms with Gasteiger partial charge in [-0.25, -0.2) is 5.43 Å². The summed E-state index contributed by atoms with van der Waals surface area (Å²) in [5.41, 5.74) is 4.20. The summed E-state index contributed by atoms with van der Waals surface area (Å²) < 4.78 is 5.58. The van der Waals surface area contributed by atoms with E-state index in [4.69, 9.17) is 16.0 Å². The van der Waals surface area contributed by atoms with E-state index >= 15 is 0 Å². The maximum Gasteiger partial charge on any atom is 0.288 e. The van der Waals surface area contributed by atoms with Crippen LogP contribution in [0.4, 0.5) is 5.69 Å². The van der Waals surface area contributed by atoms with Crippen LogP contribution in [0, 0.1) is 17.0 Å². The Balaban J connectivity index is 1.71. The van der Waals surface area contributed by atoms with Gasteiger partial charge in [0.2, 0.25) is 0 Å². The van der Waals surface area contributed by atoms with Gasteiger partial charge in [0, 0.05) is 17.2 Å². The molecule has 0 spiro atoms. The Bertz CT molecular complexity index is 1040. The fourth-order valence-electron chi connectivity index (χ4n) is 2.39. The number of aryl methyl sites for hydroxylation is 1. The third kappa shape index (κ3) is 4.39. The van der Waals surface area contributed by atoms with E-state index in [1.165, 1.54) is 18.3 Å². The summed E-state index contributed by atoms with van der Waals surface area (Å²) in [6.45, 7) is 1.89. The number of halogens is 1. The molecule has 0 saturated heterocycles. The highest BCUT2D eigenvalue weighted by Crippen LogP contribution is 2.30. The van der Waals surface area contributed by atoms with Crippen molar-refractivity contribution in [3.8, 4) is 11.3 Å². The molecule has 0 fully saturated rings. The fraction of sp³-hybridized carbons (Fsp3) is 0.0526. The molecule has 0 radical (unpaired) electrons. The van der Waals surface area contributed by atoms with Gasteiger partial charge in [0.05, 0.1) is 11.1 Å². The first kappa shape index (κ1) is 18.3. The molecule has 0 atom stereocenters. The van der Waals surface area contributed by atoms with Crippen LogP contribution in [0.2, 0.25) is 5.02 Å². The number of carbonyl (C=O) groups excluding carboxylic acids is 1. The number of rotatable bonds is 5. The second kappa shape index (κ2) is 7.84. The maximum atomic E-state index is 12.0. The number of benzene rings is 2. The van der Waals surface area contributed by atoms with Gasteiger partial charge in [0.15, 0.2) is 0 Å². The molecule has 27 heavy (non-hydrogen) atoms. The van der Waals surface area contributed by atoms with Gasteiger partial charge in [0.25, 0.3) is 11.6 Å². The van der Waals surface area contributed by atoms with Crippen molar-refractivity contribution in [1.82, 2.24) is 5.43 Å². The lowest BCUT2D eigenvalue weighted by Gasteiger charge is -2.00. The van der Waals surface area contributed by atoms with E-state index in [1.807, 2.05) is 13.0 Å². The molecule has 0 unspecified atom stereocenters. The molecule has 0 bridgehead atoms. The fourth-order valence-corrected chi connectivity index (χ4v) is 2.58. The van der Waals surface area contributed by atoms with Crippen molar-refractivity contribution >= 4 is 29.4 Å². The van der Waals surface area contributed by atoms with E-state index < -0.39 is 4.92 Å². The maximum absolute atomic E-state index is 12.0. The second-order valence-corrected chi connectivity index (χ2v) is 6.10. The minimum Gasteiger partial charge on any atom is -0.455 e. The SMILES string of the molecule is Cc1cccc(C(=O)N/N=C\c2ccc(-c3ccc(Cl)c([N+](=O)[O-])c3)o2)c1. The molecule has 1 amide bonds. The lowest BCUT2D eigenvalue weighted by Crippen LogP contribution is -2.17. The summed E-state index contributed by atoms with van der Waals surface area (Å²) in [6.07, 6.45) is 1.35. The number of hydrogen-bond acceptors (Lipinski definition) is 5. The average Bonchev–Trinajstić information content (AvgIpc) is 3.10. The van der Waals surface area contributed by atoms with Crippen LogP contribution in [-0.2, 0) is 0 Å². The molecule has 1 N–H and O–H groups in total. The first-order valence-corrected chi connectivity index (χ1v) is 8.26. The number of nitrogens with one attached hydrogen (secondary N) is 1. The molecular formula is C19H14ClN3O4. The quantitative estimate of drug-likeness (QED) is 0.396. The Morgan fingerprint density at radius 2 is 2.04 bits per heavy atom. The van der Waals surface area contributed by atoms with Crippen molar-refractivity contribution in [2.75, 3.05) is 0 Å². The predicted molar refractivity (Wildman–Crippen MR) is 102 cm³/mol. The van der Waals surface area contributed by atoms with E-state index in [9.17, 15) is 14.9 Å². The molecule has 2 aromatic carbocycles. The Morgan fingerprint density at radius 1 is 1.22 bits per heavy atom. The van der Waals surface area contributed by atoms with Gasteiger partial charge in [-0.2, -0.15) is 5.10 Å². The minimum absolute atomic E-state index is 0.0518. The van der Waals surface area contributed by atoms with E-state index in [-0.39, 0.29) is 16.6 Å². The highest BCUT2D eigenvalue weighted by Gasteiger charge is 2.15. The molecule has 0 aliphatic heterocycles. The highest BCUT2D eigenvalue weighted by molar-refractivity contribution is 6.32. The van der Waals surface area contributed by atoms with Gasteiger partial charge in [-0.1, -0.05) is 29.3 Å². The van der Waals surface area contributed by atoms with Gasteiger partial charge in [-0.15, -0.1) is 0 Å². The lowest BCUT2D eigenvalue weighted by molar-refractivity contribution is -0.384. The van der Waals surface area contributed by atoms with Crippen LogP contribution in [-0.4, -0.2) is 17.0 Å². The summed E-state index contributed by atoms with van der Waals surface area (Å²) in [4.78, 5) is 22.4. The zero-order valence-corrected chi connectivity index (χ0v) is 14.9. The molecule has 3 aromatic rings. The number of carbonyl (C=O) groups is 1. The summed E-state index contributed by atoms with van der Waals surface area (Å²) >= 11 is 5.81. The van der Waals surface area contributed by atoms with E-state index in [2.05, 4.69) is 10.5 Å². The van der Waals surface area contributed by atoms with Gasteiger partial charge >= 0.3 is 0 Å². The Labute approximate surface area is 159 Å². The van der Waals surface area contributed by atoms with Crippen LogP contribution in [0.1, 0.15) is 21.7 Å². The van der Waals surface area contributed by atoms with Crippen molar-refractivity contribution < 1.29 is 14.1 Å². The largest absolute Gasteiger partial charge is 0.455 e. The van der Waals surface area contributed by atoms with Gasteiger partial charge in [-0.3, -0.25) is 14.9 Å². The first-order chi connectivity index (χ1) is 12.9. The summed E-state index contributed by atoms with van der Waals surface area (Å²) in [5.74, 6) is 0.462. The van der Waals surface area contributed by atoms with Gasteiger partial charge in [0.1, 0.15) is 16.5 Å². The molecule has 7 nitrogen and oxygen atoms in total.